The number of nitrogens with zero attached hydrogens (tertiary/aromatic N) is 2. The number of carbonyl (C=O) groups excluding carboxylic acids is 1. The fourth-order valence-corrected chi connectivity index (χ4v) is 4.29. The van der Waals surface area contributed by atoms with Gasteiger partial charge in [0, 0.05) is 26.2 Å². The molecule has 1 fully saturated rings. The van der Waals surface area contributed by atoms with Gasteiger partial charge in [-0.3, -0.25) is 4.79 Å². The van der Waals surface area contributed by atoms with Crippen molar-refractivity contribution in [2.75, 3.05) is 19.6 Å². The van der Waals surface area contributed by atoms with Crippen LogP contribution in [-0.2, 0) is 27.8 Å². The molecule has 0 unspecified atom stereocenters. The predicted octanol–water partition coefficient (Wildman–Crippen LogP) is 1.53. The van der Waals surface area contributed by atoms with Gasteiger partial charge in [0.05, 0.1) is 4.90 Å². The van der Waals surface area contributed by atoms with Crippen LogP contribution >= 0.6 is 0 Å². The Morgan fingerprint density at radius 2 is 1.78 bits per heavy atom. The van der Waals surface area contributed by atoms with Crippen molar-refractivity contribution in [3.63, 3.8) is 0 Å². The molecule has 2 heterocycles. The molecule has 2 aliphatic heterocycles. The molecule has 2 aliphatic rings. The predicted molar refractivity (Wildman–Crippen MR) is 75.0 cm³/mol. The molecule has 0 radical (unpaired) electrons. The first-order chi connectivity index (χ1) is 10.7. The first kappa shape index (κ1) is 16.3. The van der Waals surface area contributed by atoms with Crippen LogP contribution in [0.3, 0.4) is 0 Å². The molecule has 0 spiro atoms. The number of sulfonamides is 1. The molecule has 1 saturated heterocycles. The minimum atomic E-state index is -4.92. The topological polar surface area (TPSA) is 57.7 Å². The number of alkyl halides is 3. The molecule has 0 N–H and O–H groups in total. The molecule has 3 rings (SSSR count). The molecule has 9 heteroatoms. The number of hydrogen-bond acceptors (Lipinski definition) is 3. The molecule has 1 aromatic carbocycles. The second kappa shape index (κ2) is 5.48. The van der Waals surface area contributed by atoms with Crippen molar-refractivity contribution in [3.8, 4) is 0 Å². The van der Waals surface area contributed by atoms with Crippen molar-refractivity contribution in [2.45, 2.75) is 30.5 Å². The van der Waals surface area contributed by atoms with Crippen LogP contribution in [-0.4, -0.2) is 49.3 Å². The zero-order valence-electron chi connectivity index (χ0n) is 12.1. The second-order valence-electron chi connectivity index (χ2n) is 5.66. The van der Waals surface area contributed by atoms with Gasteiger partial charge in [-0.2, -0.15) is 17.5 Å². The lowest BCUT2D eigenvalue weighted by Crippen LogP contribution is -2.44. The van der Waals surface area contributed by atoms with Gasteiger partial charge in [-0.1, -0.05) is 6.07 Å². The third kappa shape index (κ3) is 2.94. The summed E-state index contributed by atoms with van der Waals surface area (Å²) < 4.78 is 63.6. The molecule has 0 atom stereocenters. The van der Waals surface area contributed by atoms with E-state index in [1.165, 1.54) is 16.4 Å². The van der Waals surface area contributed by atoms with Gasteiger partial charge in [0.1, 0.15) is 0 Å². The lowest BCUT2D eigenvalue weighted by atomic mass is 10.00. The molecular weight excluding hydrogens is 333 g/mol. The number of rotatable bonds is 2. The zero-order chi connectivity index (χ0) is 16.8. The summed E-state index contributed by atoms with van der Waals surface area (Å²) >= 11 is 0. The normalized spacial score (nSPS) is 19.2. The Kier molecular flexibility index (Phi) is 3.88. The van der Waals surface area contributed by atoms with E-state index in [4.69, 9.17) is 0 Å². The van der Waals surface area contributed by atoms with E-state index in [9.17, 15) is 26.4 Å². The van der Waals surface area contributed by atoms with Crippen molar-refractivity contribution < 1.29 is 26.4 Å². The van der Waals surface area contributed by atoms with Crippen molar-refractivity contribution in [1.82, 2.24) is 9.21 Å². The standard InChI is InChI=1S/C14H15F3N2O3S/c15-14(16,17)13(20)18-7-4-10-2-3-12(8-11(10)9-18)23(21,22)19-5-1-6-19/h2-3,8H,1,4-7,9H2. The van der Waals surface area contributed by atoms with Crippen LogP contribution in [0.4, 0.5) is 13.2 Å². The molecule has 1 amide bonds. The first-order valence-corrected chi connectivity index (χ1v) is 8.61. The van der Waals surface area contributed by atoms with E-state index in [-0.39, 0.29) is 24.4 Å². The van der Waals surface area contributed by atoms with Crippen LogP contribution in [0.2, 0.25) is 0 Å². The van der Waals surface area contributed by atoms with Gasteiger partial charge in [-0.15, -0.1) is 0 Å². The van der Waals surface area contributed by atoms with E-state index in [0.29, 0.717) is 23.6 Å². The average molecular weight is 348 g/mol. The summed E-state index contributed by atoms with van der Waals surface area (Å²) in [5, 5.41) is 0. The molecule has 5 nitrogen and oxygen atoms in total. The highest BCUT2D eigenvalue weighted by Gasteiger charge is 2.43. The SMILES string of the molecule is O=C(N1CCc2ccc(S(=O)(=O)N3CCC3)cc2C1)C(F)(F)F. The van der Waals surface area contributed by atoms with Crippen molar-refractivity contribution in [3.05, 3.63) is 29.3 Å². The summed E-state index contributed by atoms with van der Waals surface area (Å²) in [6, 6.07) is 4.49. The van der Waals surface area contributed by atoms with Gasteiger partial charge in [0.25, 0.3) is 0 Å². The van der Waals surface area contributed by atoms with Crippen molar-refractivity contribution in [1.29, 1.82) is 0 Å². The number of benzene rings is 1. The van der Waals surface area contributed by atoms with Crippen molar-refractivity contribution in [2.24, 2.45) is 0 Å². The maximum atomic E-state index is 12.5. The monoisotopic (exact) mass is 348 g/mol. The number of carbonyl (C=O) groups is 1. The van der Waals surface area contributed by atoms with E-state index >= 15 is 0 Å². The molecule has 0 saturated carbocycles. The van der Waals surface area contributed by atoms with Gasteiger partial charge in [0.2, 0.25) is 10.0 Å². The largest absolute Gasteiger partial charge is 0.471 e. The minimum Gasteiger partial charge on any atom is -0.330 e. The minimum absolute atomic E-state index is 0.0242. The van der Waals surface area contributed by atoms with E-state index in [2.05, 4.69) is 0 Å². The molecule has 0 aliphatic carbocycles. The number of fused-ring (bicyclic) bond motifs is 1. The van der Waals surface area contributed by atoms with Crippen LogP contribution in [0.15, 0.2) is 23.1 Å². The molecule has 23 heavy (non-hydrogen) atoms. The molecule has 126 valence electrons. The molecular formula is C14H15F3N2O3S. The lowest BCUT2D eigenvalue weighted by molar-refractivity contribution is -0.186. The smallest absolute Gasteiger partial charge is 0.330 e. The Labute approximate surface area is 131 Å². The Morgan fingerprint density at radius 3 is 2.35 bits per heavy atom. The lowest BCUT2D eigenvalue weighted by Gasteiger charge is -2.32. The Hall–Kier alpha value is -1.61. The highest BCUT2D eigenvalue weighted by molar-refractivity contribution is 7.89. The Morgan fingerprint density at radius 1 is 1.09 bits per heavy atom. The fraction of sp³-hybridized carbons (Fsp3) is 0.500. The molecule has 1 aromatic rings. The van der Waals surface area contributed by atoms with Gasteiger partial charge in [-0.25, -0.2) is 8.42 Å². The van der Waals surface area contributed by atoms with E-state index in [0.717, 1.165) is 12.0 Å². The highest BCUT2D eigenvalue weighted by atomic mass is 32.2. The van der Waals surface area contributed by atoms with E-state index in [1.54, 1.807) is 6.07 Å². The Balaban J connectivity index is 1.87. The highest BCUT2D eigenvalue weighted by Crippen LogP contribution is 2.28. The van der Waals surface area contributed by atoms with Crippen molar-refractivity contribution >= 4 is 15.9 Å². The third-order valence-electron chi connectivity index (χ3n) is 4.17. The maximum Gasteiger partial charge on any atom is 0.471 e. The summed E-state index contributed by atoms with van der Waals surface area (Å²) in [6.45, 7) is 0.663. The zero-order valence-corrected chi connectivity index (χ0v) is 13.0. The number of halogens is 3. The molecule has 0 bridgehead atoms. The summed E-state index contributed by atoms with van der Waals surface area (Å²) in [6.07, 6.45) is -3.84. The maximum absolute atomic E-state index is 12.5. The van der Waals surface area contributed by atoms with Crippen LogP contribution in [0.1, 0.15) is 17.5 Å². The second-order valence-corrected chi connectivity index (χ2v) is 7.60. The number of amides is 1. The average Bonchev–Trinajstić information content (AvgIpc) is 2.42. The fourth-order valence-electron chi connectivity index (χ4n) is 2.72. The van der Waals surface area contributed by atoms with Crippen LogP contribution in [0.5, 0.6) is 0 Å². The van der Waals surface area contributed by atoms with Crippen LogP contribution in [0, 0.1) is 0 Å². The molecule has 0 aromatic heterocycles. The van der Waals surface area contributed by atoms with Gasteiger partial charge in [-0.05, 0) is 36.1 Å². The summed E-state index contributed by atoms with van der Waals surface area (Å²) in [4.78, 5) is 12.1. The summed E-state index contributed by atoms with van der Waals surface area (Å²) in [7, 11) is -3.59. The van der Waals surface area contributed by atoms with Crippen LogP contribution < -0.4 is 0 Å². The summed E-state index contributed by atoms with van der Waals surface area (Å²) in [5.74, 6) is -1.89. The van der Waals surface area contributed by atoms with E-state index in [1.807, 2.05) is 0 Å². The third-order valence-corrected chi connectivity index (χ3v) is 6.07. The number of hydrogen-bond donors (Lipinski definition) is 0. The van der Waals surface area contributed by atoms with E-state index < -0.39 is 22.1 Å². The quantitative estimate of drug-likeness (QED) is 0.814. The van der Waals surface area contributed by atoms with Gasteiger partial charge < -0.3 is 4.90 Å². The Bertz CT molecular complexity index is 742. The summed E-state index contributed by atoms with van der Waals surface area (Å²) in [5.41, 5.74) is 1.23. The van der Waals surface area contributed by atoms with Gasteiger partial charge in [0.15, 0.2) is 0 Å². The van der Waals surface area contributed by atoms with Crippen LogP contribution in [0.25, 0.3) is 0 Å². The van der Waals surface area contributed by atoms with Gasteiger partial charge >= 0.3 is 12.1 Å². The first-order valence-electron chi connectivity index (χ1n) is 7.17.